The number of nitrogen functional groups attached to an aromatic ring is 1. The fraction of sp³-hybridized carbons (Fsp3) is 0.222. The maximum absolute atomic E-state index is 12.0. The van der Waals surface area contributed by atoms with Gasteiger partial charge in [0.1, 0.15) is 0 Å². The minimum atomic E-state index is -0.332. The fourth-order valence-corrected chi connectivity index (χ4v) is 2.13. The molecule has 0 aliphatic heterocycles. The van der Waals surface area contributed by atoms with Crippen LogP contribution < -0.4 is 25.4 Å². The molecule has 0 bridgehead atoms. The van der Waals surface area contributed by atoms with Crippen molar-refractivity contribution in [2.45, 2.75) is 6.92 Å². The highest BCUT2D eigenvalue weighted by Gasteiger charge is 2.13. The van der Waals surface area contributed by atoms with Gasteiger partial charge in [-0.3, -0.25) is 4.79 Å². The van der Waals surface area contributed by atoms with Crippen LogP contribution in [-0.2, 0) is 0 Å². The number of rotatable bonds is 7. The lowest BCUT2D eigenvalue weighted by Crippen LogP contribution is -2.17. The van der Waals surface area contributed by atoms with Crippen LogP contribution in [0.1, 0.15) is 22.8 Å². The largest absolute Gasteiger partial charge is 0.493 e. The molecule has 7 nitrogen and oxygen atoms in total. The first-order valence-electron chi connectivity index (χ1n) is 7.66. The van der Waals surface area contributed by atoms with Crippen molar-refractivity contribution in [3.63, 3.8) is 0 Å². The van der Waals surface area contributed by atoms with E-state index in [1.165, 1.54) is 6.21 Å². The minimum absolute atomic E-state index is 0.332. The number of nitrogens with zero attached hydrogens (tertiary/aromatic N) is 1. The van der Waals surface area contributed by atoms with E-state index in [2.05, 4.69) is 10.5 Å². The van der Waals surface area contributed by atoms with Crippen LogP contribution in [0.3, 0.4) is 0 Å². The van der Waals surface area contributed by atoms with Crippen molar-refractivity contribution < 1.29 is 19.0 Å². The van der Waals surface area contributed by atoms with Crippen LogP contribution in [0.5, 0.6) is 17.2 Å². The first kappa shape index (κ1) is 18.1. The Hall–Kier alpha value is -3.22. The lowest BCUT2D eigenvalue weighted by molar-refractivity contribution is 0.0955. The Morgan fingerprint density at radius 1 is 1.16 bits per heavy atom. The van der Waals surface area contributed by atoms with Gasteiger partial charge in [-0.2, -0.15) is 5.10 Å². The average molecular weight is 343 g/mol. The number of ether oxygens (including phenoxy) is 3. The number of methoxy groups -OCH3 is 2. The Labute approximate surface area is 146 Å². The summed E-state index contributed by atoms with van der Waals surface area (Å²) in [5.41, 5.74) is 9.80. The van der Waals surface area contributed by atoms with Gasteiger partial charge in [0.25, 0.3) is 5.91 Å². The number of amides is 1. The van der Waals surface area contributed by atoms with Crippen LogP contribution >= 0.6 is 0 Å². The number of hydrogen-bond donors (Lipinski definition) is 2. The summed E-state index contributed by atoms with van der Waals surface area (Å²) in [6.07, 6.45) is 1.50. The van der Waals surface area contributed by atoms with Crippen LogP contribution in [0.25, 0.3) is 0 Å². The van der Waals surface area contributed by atoms with Gasteiger partial charge in [0.2, 0.25) is 5.75 Å². The van der Waals surface area contributed by atoms with E-state index < -0.39 is 0 Å². The van der Waals surface area contributed by atoms with Gasteiger partial charge in [-0.1, -0.05) is 0 Å². The fourth-order valence-electron chi connectivity index (χ4n) is 2.13. The number of benzene rings is 2. The highest BCUT2D eigenvalue weighted by molar-refractivity contribution is 5.95. The van der Waals surface area contributed by atoms with Crippen molar-refractivity contribution in [3.05, 3.63) is 47.5 Å². The molecule has 0 fully saturated rings. The smallest absolute Gasteiger partial charge is 0.271 e. The summed E-state index contributed by atoms with van der Waals surface area (Å²) < 4.78 is 16.2. The number of nitrogens with one attached hydrogen (secondary N) is 1. The van der Waals surface area contributed by atoms with Crippen LogP contribution in [0.4, 0.5) is 5.69 Å². The maximum Gasteiger partial charge on any atom is 0.271 e. The van der Waals surface area contributed by atoms with Crippen molar-refractivity contribution in [1.29, 1.82) is 0 Å². The van der Waals surface area contributed by atoms with E-state index in [-0.39, 0.29) is 5.91 Å². The molecule has 2 rings (SSSR count). The Bertz CT molecular complexity index is 732. The van der Waals surface area contributed by atoms with Gasteiger partial charge in [-0.05, 0) is 43.3 Å². The zero-order valence-electron chi connectivity index (χ0n) is 14.4. The number of nitrogens with two attached hydrogens (primary N) is 1. The summed E-state index contributed by atoms with van der Waals surface area (Å²) >= 11 is 0. The number of anilines is 1. The highest BCUT2D eigenvalue weighted by atomic mass is 16.5. The summed E-state index contributed by atoms with van der Waals surface area (Å²) in [5.74, 6) is 1.23. The Morgan fingerprint density at radius 2 is 1.76 bits per heavy atom. The van der Waals surface area contributed by atoms with Crippen molar-refractivity contribution in [2.24, 2.45) is 5.10 Å². The second-order valence-electron chi connectivity index (χ2n) is 5.01. The predicted octanol–water partition coefficient (Wildman–Crippen LogP) is 2.45. The first-order valence-corrected chi connectivity index (χ1v) is 7.66. The molecule has 0 aliphatic rings. The maximum atomic E-state index is 12.0. The zero-order valence-corrected chi connectivity index (χ0v) is 14.4. The molecule has 0 aromatic heterocycles. The second kappa shape index (κ2) is 8.58. The molecule has 7 heteroatoms. The molecule has 1 amide bonds. The number of hydrogen-bond acceptors (Lipinski definition) is 6. The topological polar surface area (TPSA) is 95.2 Å². The zero-order chi connectivity index (χ0) is 18.2. The van der Waals surface area contributed by atoms with E-state index in [0.717, 1.165) is 0 Å². The molecule has 132 valence electrons. The van der Waals surface area contributed by atoms with E-state index in [9.17, 15) is 4.79 Å². The third-order valence-corrected chi connectivity index (χ3v) is 3.32. The van der Waals surface area contributed by atoms with Crippen LogP contribution in [0.15, 0.2) is 41.5 Å². The van der Waals surface area contributed by atoms with Gasteiger partial charge in [0, 0.05) is 16.8 Å². The molecule has 2 aromatic carbocycles. The predicted molar refractivity (Wildman–Crippen MR) is 96.6 cm³/mol. The summed E-state index contributed by atoms with van der Waals surface area (Å²) in [5, 5.41) is 3.96. The van der Waals surface area contributed by atoms with E-state index in [0.29, 0.717) is 40.7 Å². The average Bonchev–Trinajstić information content (AvgIpc) is 2.63. The van der Waals surface area contributed by atoms with Crippen molar-refractivity contribution >= 4 is 17.8 Å². The summed E-state index contributed by atoms with van der Waals surface area (Å²) in [4.78, 5) is 12.0. The molecule has 0 spiro atoms. The Morgan fingerprint density at radius 3 is 2.28 bits per heavy atom. The molecule has 0 radical (unpaired) electrons. The molecule has 0 aliphatic carbocycles. The van der Waals surface area contributed by atoms with Crippen LogP contribution in [0.2, 0.25) is 0 Å². The third-order valence-electron chi connectivity index (χ3n) is 3.32. The first-order chi connectivity index (χ1) is 12.1. The molecule has 0 atom stereocenters. The minimum Gasteiger partial charge on any atom is -0.493 e. The monoisotopic (exact) mass is 343 g/mol. The third kappa shape index (κ3) is 4.63. The van der Waals surface area contributed by atoms with Gasteiger partial charge in [0.05, 0.1) is 27.0 Å². The van der Waals surface area contributed by atoms with Gasteiger partial charge < -0.3 is 19.9 Å². The van der Waals surface area contributed by atoms with Gasteiger partial charge in [-0.15, -0.1) is 0 Å². The molecule has 3 N–H and O–H groups in total. The molecule has 0 heterocycles. The standard InChI is InChI=1S/C18H21N3O4/c1-4-25-17-15(23-2)9-12(10-16(17)24-3)11-20-21-18(22)13-5-7-14(19)8-6-13/h5-11H,4,19H2,1-3H3,(H,21,22)/b20-11-. The molecular formula is C18H21N3O4. The molecular weight excluding hydrogens is 322 g/mol. The molecule has 0 unspecified atom stereocenters. The van der Waals surface area contributed by atoms with Crippen molar-refractivity contribution in [3.8, 4) is 17.2 Å². The summed E-state index contributed by atoms with van der Waals surface area (Å²) in [6, 6.07) is 10.0. The Kier molecular flexibility index (Phi) is 6.22. The highest BCUT2D eigenvalue weighted by Crippen LogP contribution is 2.38. The van der Waals surface area contributed by atoms with Crippen LogP contribution in [-0.4, -0.2) is 32.9 Å². The Balaban J connectivity index is 2.14. The van der Waals surface area contributed by atoms with Gasteiger partial charge >= 0.3 is 0 Å². The normalized spacial score (nSPS) is 10.5. The van der Waals surface area contributed by atoms with E-state index >= 15 is 0 Å². The van der Waals surface area contributed by atoms with E-state index in [1.54, 1.807) is 50.6 Å². The van der Waals surface area contributed by atoms with Crippen LogP contribution in [0, 0.1) is 0 Å². The SMILES string of the molecule is CCOc1c(OC)cc(/C=N\NC(=O)c2ccc(N)cc2)cc1OC. The number of hydrazone groups is 1. The second-order valence-corrected chi connectivity index (χ2v) is 5.01. The summed E-state index contributed by atoms with van der Waals surface area (Å²) in [6.45, 7) is 2.36. The van der Waals surface area contributed by atoms with Gasteiger partial charge in [-0.25, -0.2) is 5.43 Å². The lowest BCUT2D eigenvalue weighted by atomic mass is 10.2. The molecule has 0 saturated carbocycles. The quantitative estimate of drug-likeness (QED) is 0.457. The molecule has 25 heavy (non-hydrogen) atoms. The van der Waals surface area contributed by atoms with E-state index in [1.807, 2.05) is 6.92 Å². The molecule has 2 aromatic rings. The number of carbonyl (C=O) groups is 1. The lowest BCUT2D eigenvalue weighted by Gasteiger charge is -2.14. The van der Waals surface area contributed by atoms with Crippen molar-refractivity contribution in [1.82, 2.24) is 5.43 Å². The number of carbonyl (C=O) groups excluding carboxylic acids is 1. The van der Waals surface area contributed by atoms with E-state index in [4.69, 9.17) is 19.9 Å². The van der Waals surface area contributed by atoms with Crippen molar-refractivity contribution in [2.75, 3.05) is 26.6 Å². The summed E-state index contributed by atoms with van der Waals surface area (Å²) in [7, 11) is 3.09. The molecule has 0 saturated heterocycles. The van der Waals surface area contributed by atoms with Gasteiger partial charge in [0.15, 0.2) is 11.5 Å².